The molecule has 224 valence electrons. The minimum Gasteiger partial charge on any atom is -0.493 e. The summed E-state index contributed by atoms with van der Waals surface area (Å²) in [5, 5.41) is 0. The Labute approximate surface area is 264 Å². The lowest BCUT2D eigenvalue weighted by Gasteiger charge is -2.11. The van der Waals surface area contributed by atoms with Gasteiger partial charge in [0.2, 0.25) is 0 Å². The molecule has 0 spiro atoms. The van der Waals surface area contributed by atoms with E-state index in [1.165, 1.54) is 17.4 Å². The van der Waals surface area contributed by atoms with Gasteiger partial charge in [0.05, 0.1) is 24.9 Å². The van der Waals surface area contributed by atoms with Crippen molar-refractivity contribution in [2.24, 2.45) is 11.8 Å². The van der Waals surface area contributed by atoms with Crippen LogP contribution in [0.2, 0.25) is 0 Å². The molecule has 0 N–H and O–H groups in total. The topological polar surface area (TPSA) is 44.2 Å². The van der Waals surface area contributed by atoms with E-state index in [2.05, 4.69) is 36.4 Å². The van der Waals surface area contributed by atoms with Gasteiger partial charge in [-0.3, -0.25) is 0 Å². The van der Waals surface area contributed by atoms with Gasteiger partial charge in [0.1, 0.15) is 34.2 Å². The second-order valence-electron chi connectivity index (χ2n) is 11.6. The van der Waals surface area contributed by atoms with E-state index in [-0.39, 0.29) is 11.6 Å². The summed E-state index contributed by atoms with van der Waals surface area (Å²) in [5.41, 5.74) is 5.56. The van der Waals surface area contributed by atoms with E-state index in [0.29, 0.717) is 58.5 Å². The lowest BCUT2D eigenvalue weighted by molar-refractivity contribution is 0.270. The van der Waals surface area contributed by atoms with Crippen LogP contribution in [0.4, 0.5) is 8.78 Å². The Balaban J connectivity index is 1.26. The Morgan fingerprint density at radius 3 is 1.75 bits per heavy atom. The molecule has 0 fully saturated rings. The molecule has 6 rings (SSSR count). The van der Waals surface area contributed by atoms with Gasteiger partial charge in [-0.15, -0.1) is 11.3 Å². The smallest absolute Gasteiger partial charge is 0.135 e. The van der Waals surface area contributed by atoms with E-state index >= 15 is 8.78 Å². The fraction of sp³-hybridized carbons (Fsp3) is 0.222. The number of benzene rings is 4. The molecule has 8 heteroatoms. The van der Waals surface area contributed by atoms with Crippen LogP contribution in [0.3, 0.4) is 0 Å². The molecule has 4 nitrogen and oxygen atoms in total. The highest BCUT2D eigenvalue weighted by Crippen LogP contribution is 2.41. The van der Waals surface area contributed by atoms with Gasteiger partial charge >= 0.3 is 0 Å². The van der Waals surface area contributed by atoms with Crippen molar-refractivity contribution in [2.75, 3.05) is 13.2 Å². The fourth-order valence-corrected chi connectivity index (χ4v) is 6.51. The summed E-state index contributed by atoms with van der Waals surface area (Å²) in [7, 11) is 0. The number of thiophene rings is 1. The molecule has 0 aliphatic carbocycles. The highest BCUT2D eigenvalue weighted by molar-refractivity contribution is 7.19. The van der Waals surface area contributed by atoms with E-state index in [0.717, 1.165) is 43.9 Å². The molecule has 6 aromatic rings. The first-order chi connectivity index (χ1) is 21.3. The summed E-state index contributed by atoms with van der Waals surface area (Å²) in [6.45, 7) is 9.50. The Bertz CT molecular complexity index is 1910. The summed E-state index contributed by atoms with van der Waals surface area (Å²) < 4.78 is 51.2. The number of fused-ring (bicyclic) bond motifs is 1. The third-order valence-corrected chi connectivity index (χ3v) is 8.79. The number of hydrogen-bond donors (Lipinski definition) is 0. The van der Waals surface area contributed by atoms with Crippen molar-refractivity contribution < 1.29 is 18.3 Å². The number of rotatable bonds is 10. The third kappa shape index (κ3) is 6.37. The SMILES string of the molecule is CC(C)COc1ccc(-c2ccc(-c3ccc(-c4ccc(-c5ccc(OCC(C)C)cc5F)s4)c4nsnc34)c(F)c2)cc1. The number of aromatic nitrogens is 2. The van der Waals surface area contributed by atoms with Crippen LogP contribution in [-0.2, 0) is 0 Å². The standard InChI is InChI=1S/C36H32F2N2O2S2/c1-21(2)19-41-25-8-5-23(6-9-25)24-7-11-27(31(37)17-24)28-13-14-30(36-35(28)39-44-40-36)34-16-15-33(43-34)29-12-10-26(18-32(29)38)42-20-22(3)4/h5-18,21-22H,19-20H2,1-4H3. The Morgan fingerprint density at radius 1 is 0.568 bits per heavy atom. The molecule has 4 aromatic carbocycles. The number of nitrogens with zero attached hydrogens (tertiary/aromatic N) is 2. The van der Waals surface area contributed by atoms with Crippen LogP contribution in [0, 0.1) is 23.5 Å². The average Bonchev–Trinajstić information content (AvgIpc) is 3.70. The van der Waals surface area contributed by atoms with E-state index in [4.69, 9.17) is 9.47 Å². The van der Waals surface area contributed by atoms with Crippen molar-refractivity contribution in [3.63, 3.8) is 0 Å². The predicted octanol–water partition coefficient (Wildman–Crippen LogP) is 10.8. The molecule has 44 heavy (non-hydrogen) atoms. The van der Waals surface area contributed by atoms with Gasteiger partial charge in [-0.05, 0) is 65.4 Å². The lowest BCUT2D eigenvalue weighted by Crippen LogP contribution is -2.04. The van der Waals surface area contributed by atoms with E-state index in [1.807, 2.05) is 54.6 Å². The van der Waals surface area contributed by atoms with Gasteiger partial charge in [-0.1, -0.05) is 64.1 Å². The summed E-state index contributed by atoms with van der Waals surface area (Å²) in [5.74, 6) is 1.45. The molecule has 2 aromatic heterocycles. The normalized spacial score (nSPS) is 11.5. The maximum atomic E-state index is 15.6. The lowest BCUT2D eigenvalue weighted by atomic mass is 9.97. The van der Waals surface area contributed by atoms with E-state index in [9.17, 15) is 0 Å². The first-order valence-electron chi connectivity index (χ1n) is 14.6. The number of halogens is 2. The number of ether oxygens (including phenoxy) is 2. The predicted molar refractivity (Wildman–Crippen MR) is 178 cm³/mol. The van der Waals surface area contributed by atoms with Crippen LogP contribution in [0.25, 0.3) is 54.2 Å². The van der Waals surface area contributed by atoms with Crippen LogP contribution >= 0.6 is 23.1 Å². The fourth-order valence-electron chi connectivity index (χ4n) is 4.88. The molecule has 0 aliphatic rings. The molecule has 0 saturated carbocycles. The minimum atomic E-state index is -0.334. The molecular formula is C36H32F2N2O2S2. The van der Waals surface area contributed by atoms with Gasteiger partial charge in [-0.2, -0.15) is 8.75 Å². The minimum absolute atomic E-state index is 0.329. The summed E-state index contributed by atoms with van der Waals surface area (Å²) in [6.07, 6.45) is 0. The van der Waals surface area contributed by atoms with Crippen molar-refractivity contribution in [2.45, 2.75) is 27.7 Å². The molecule has 0 aliphatic heterocycles. The average molecular weight is 627 g/mol. The molecule has 0 amide bonds. The van der Waals surface area contributed by atoms with E-state index in [1.54, 1.807) is 24.3 Å². The van der Waals surface area contributed by atoms with Crippen LogP contribution in [0.5, 0.6) is 11.5 Å². The Morgan fingerprint density at radius 2 is 1.09 bits per heavy atom. The Hall–Kier alpha value is -4.14. The summed E-state index contributed by atoms with van der Waals surface area (Å²) in [6, 6.07) is 25.7. The van der Waals surface area contributed by atoms with Crippen molar-refractivity contribution >= 4 is 34.1 Å². The molecule has 0 saturated heterocycles. The highest BCUT2D eigenvalue weighted by Gasteiger charge is 2.18. The van der Waals surface area contributed by atoms with Crippen LogP contribution < -0.4 is 9.47 Å². The molecule has 0 radical (unpaired) electrons. The molecule has 0 unspecified atom stereocenters. The quantitative estimate of drug-likeness (QED) is 0.152. The van der Waals surface area contributed by atoms with Gasteiger partial charge in [0.15, 0.2) is 0 Å². The third-order valence-electron chi connectivity index (χ3n) is 7.11. The first-order valence-corrected chi connectivity index (χ1v) is 16.1. The van der Waals surface area contributed by atoms with Crippen LogP contribution in [-0.4, -0.2) is 22.0 Å². The zero-order valence-electron chi connectivity index (χ0n) is 24.9. The van der Waals surface area contributed by atoms with Gasteiger partial charge in [-0.25, -0.2) is 8.78 Å². The molecule has 0 bridgehead atoms. The van der Waals surface area contributed by atoms with Crippen molar-refractivity contribution in [3.8, 4) is 54.6 Å². The first kappa shape index (κ1) is 29.9. The van der Waals surface area contributed by atoms with Crippen molar-refractivity contribution in [1.82, 2.24) is 8.75 Å². The van der Waals surface area contributed by atoms with E-state index < -0.39 is 0 Å². The number of hydrogen-bond acceptors (Lipinski definition) is 6. The molecular weight excluding hydrogens is 595 g/mol. The van der Waals surface area contributed by atoms with Crippen molar-refractivity contribution in [3.05, 3.63) is 96.6 Å². The summed E-state index contributed by atoms with van der Waals surface area (Å²) >= 11 is 2.57. The maximum absolute atomic E-state index is 15.6. The second kappa shape index (κ2) is 12.8. The van der Waals surface area contributed by atoms with Crippen LogP contribution in [0.1, 0.15) is 27.7 Å². The summed E-state index contributed by atoms with van der Waals surface area (Å²) in [4.78, 5) is 1.73. The zero-order valence-corrected chi connectivity index (χ0v) is 26.6. The monoisotopic (exact) mass is 626 g/mol. The second-order valence-corrected chi connectivity index (χ2v) is 13.2. The van der Waals surface area contributed by atoms with Crippen LogP contribution in [0.15, 0.2) is 84.9 Å². The molecule has 2 heterocycles. The van der Waals surface area contributed by atoms with Gasteiger partial charge in [0, 0.05) is 38.1 Å². The Kier molecular flexibility index (Phi) is 8.73. The van der Waals surface area contributed by atoms with Gasteiger partial charge in [0.25, 0.3) is 0 Å². The zero-order chi connectivity index (χ0) is 30.8. The highest BCUT2D eigenvalue weighted by atomic mass is 32.1. The van der Waals surface area contributed by atoms with Crippen molar-refractivity contribution in [1.29, 1.82) is 0 Å². The largest absolute Gasteiger partial charge is 0.493 e. The molecule has 0 atom stereocenters. The maximum Gasteiger partial charge on any atom is 0.135 e. The van der Waals surface area contributed by atoms with Gasteiger partial charge < -0.3 is 9.47 Å².